The first-order valence-electron chi connectivity index (χ1n) is 5.23. The summed E-state index contributed by atoms with van der Waals surface area (Å²) in [5.41, 5.74) is 7.67. The van der Waals surface area contributed by atoms with Crippen molar-refractivity contribution in [1.29, 1.82) is 0 Å². The highest BCUT2D eigenvalue weighted by atomic mass is 32.1. The molecule has 0 saturated carbocycles. The highest BCUT2D eigenvalue weighted by Crippen LogP contribution is 2.29. The summed E-state index contributed by atoms with van der Waals surface area (Å²) in [6, 6.07) is 8.72. The lowest BCUT2D eigenvalue weighted by atomic mass is 10.1. The number of benzene rings is 1. The summed E-state index contributed by atoms with van der Waals surface area (Å²) in [6.07, 6.45) is 0.839. The van der Waals surface area contributed by atoms with E-state index in [0.717, 1.165) is 16.9 Å². The van der Waals surface area contributed by atoms with Crippen LogP contribution < -0.4 is 5.73 Å². The molecule has 1 heterocycles. The average molecular weight is 248 g/mol. The largest absolute Gasteiger partial charge is 0.330 e. The molecule has 5 heteroatoms. The number of nitro benzene ring substituents is 1. The second-order valence-corrected chi connectivity index (χ2v) is 4.58. The van der Waals surface area contributed by atoms with Crippen molar-refractivity contribution in [2.24, 2.45) is 5.73 Å². The van der Waals surface area contributed by atoms with Crippen molar-refractivity contribution in [1.82, 2.24) is 0 Å². The number of nitro groups is 1. The van der Waals surface area contributed by atoms with Crippen LogP contribution in [0.2, 0.25) is 0 Å². The number of hydrogen-bond acceptors (Lipinski definition) is 4. The first-order valence-corrected chi connectivity index (χ1v) is 6.11. The monoisotopic (exact) mass is 248 g/mol. The molecule has 2 aromatic rings. The van der Waals surface area contributed by atoms with Crippen molar-refractivity contribution in [2.45, 2.75) is 6.42 Å². The molecule has 0 unspecified atom stereocenters. The lowest BCUT2D eigenvalue weighted by Crippen LogP contribution is -2.01. The van der Waals surface area contributed by atoms with Crippen LogP contribution in [0, 0.1) is 10.1 Å². The molecule has 0 aliphatic carbocycles. The van der Waals surface area contributed by atoms with Crippen LogP contribution >= 0.6 is 11.3 Å². The first kappa shape index (κ1) is 11.8. The third-order valence-corrected chi connectivity index (χ3v) is 3.46. The van der Waals surface area contributed by atoms with E-state index in [0.29, 0.717) is 6.54 Å². The fraction of sp³-hybridized carbons (Fsp3) is 0.167. The van der Waals surface area contributed by atoms with E-state index < -0.39 is 0 Å². The number of nitrogens with zero attached hydrogens (tertiary/aromatic N) is 1. The van der Waals surface area contributed by atoms with E-state index in [-0.39, 0.29) is 10.6 Å². The van der Waals surface area contributed by atoms with Crippen molar-refractivity contribution in [3.05, 3.63) is 51.4 Å². The van der Waals surface area contributed by atoms with Gasteiger partial charge in [-0.2, -0.15) is 0 Å². The predicted octanol–water partition coefficient (Wildman–Crippen LogP) is 2.82. The summed E-state index contributed by atoms with van der Waals surface area (Å²) in [7, 11) is 0. The lowest BCUT2D eigenvalue weighted by Gasteiger charge is -1.97. The van der Waals surface area contributed by atoms with E-state index in [9.17, 15) is 10.1 Å². The van der Waals surface area contributed by atoms with E-state index in [4.69, 9.17) is 5.73 Å². The summed E-state index contributed by atoms with van der Waals surface area (Å²) in [5.74, 6) is 0. The summed E-state index contributed by atoms with van der Waals surface area (Å²) in [5, 5.41) is 12.7. The molecule has 0 atom stereocenters. The molecule has 2 rings (SSSR count). The zero-order valence-corrected chi connectivity index (χ0v) is 9.94. The standard InChI is InChI=1S/C12H12N2O2S/c13-5-4-9-6-12(17-8-9)10-2-1-3-11(7-10)14(15)16/h1-3,6-8H,4-5,13H2. The first-order chi connectivity index (χ1) is 8.20. The van der Waals surface area contributed by atoms with Crippen molar-refractivity contribution < 1.29 is 4.92 Å². The Labute approximate surface area is 103 Å². The summed E-state index contributed by atoms with van der Waals surface area (Å²) in [6.45, 7) is 0.616. The van der Waals surface area contributed by atoms with Gasteiger partial charge in [-0.3, -0.25) is 10.1 Å². The van der Waals surface area contributed by atoms with Crippen LogP contribution in [0.3, 0.4) is 0 Å². The summed E-state index contributed by atoms with van der Waals surface area (Å²) < 4.78 is 0. The second-order valence-electron chi connectivity index (χ2n) is 3.67. The van der Waals surface area contributed by atoms with Crippen LogP contribution in [0.15, 0.2) is 35.7 Å². The maximum absolute atomic E-state index is 10.7. The number of thiophene rings is 1. The quantitative estimate of drug-likeness (QED) is 0.668. The van der Waals surface area contributed by atoms with Gasteiger partial charge in [0.1, 0.15) is 0 Å². The number of nitrogens with two attached hydrogens (primary N) is 1. The van der Waals surface area contributed by atoms with Gasteiger partial charge in [-0.1, -0.05) is 12.1 Å². The molecule has 1 aromatic heterocycles. The highest BCUT2D eigenvalue weighted by molar-refractivity contribution is 7.13. The lowest BCUT2D eigenvalue weighted by molar-refractivity contribution is -0.384. The topological polar surface area (TPSA) is 69.2 Å². The van der Waals surface area contributed by atoms with E-state index >= 15 is 0 Å². The Morgan fingerprint density at radius 3 is 2.88 bits per heavy atom. The van der Waals surface area contributed by atoms with E-state index in [1.165, 1.54) is 11.6 Å². The van der Waals surface area contributed by atoms with Crippen molar-refractivity contribution in [3.63, 3.8) is 0 Å². The van der Waals surface area contributed by atoms with Gasteiger partial charge in [0, 0.05) is 17.0 Å². The van der Waals surface area contributed by atoms with Crippen LogP contribution in [0.25, 0.3) is 10.4 Å². The predicted molar refractivity (Wildman–Crippen MR) is 69.2 cm³/mol. The summed E-state index contributed by atoms with van der Waals surface area (Å²) >= 11 is 1.58. The number of rotatable bonds is 4. The molecule has 0 radical (unpaired) electrons. The Morgan fingerprint density at radius 1 is 1.35 bits per heavy atom. The van der Waals surface area contributed by atoms with Crippen molar-refractivity contribution in [3.8, 4) is 10.4 Å². The van der Waals surface area contributed by atoms with E-state index in [2.05, 4.69) is 0 Å². The molecule has 88 valence electrons. The van der Waals surface area contributed by atoms with Crippen LogP contribution in [0.4, 0.5) is 5.69 Å². The Hall–Kier alpha value is -1.72. The van der Waals surface area contributed by atoms with Gasteiger partial charge < -0.3 is 5.73 Å². The summed E-state index contributed by atoms with van der Waals surface area (Å²) in [4.78, 5) is 11.3. The van der Waals surface area contributed by atoms with Gasteiger partial charge in [0.2, 0.25) is 0 Å². The number of hydrogen-bond donors (Lipinski definition) is 1. The maximum atomic E-state index is 10.7. The number of non-ortho nitro benzene ring substituents is 1. The van der Waals surface area contributed by atoms with E-state index in [1.807, 2.05) is 17.5 Å². The average Bonchev–Trinajstić information content (AvgIpc) is 2.78. The molecule has 0 fully saturated rings. The van der Waals surface area contributed by atoms with Gasteiger partial charge in [-0.05, 0) is 35.5 Å². The minimum absolute atomic E-state index is 0.122. The molecule has 0 aliphatic rings. The second kappa shape index (κ2) is 5.07. The third kappa shape index (κ3) is 2.69. The minimum atomic E-state index is -0.377. The van der Waals surface area contributed by atoms with Gasteiger partial charge in [0.25, 0.3) is 5.69 Å². The van der Waals surface area contributed by atoms with Gasteiger partial charge >= 0.3 is 0 Å². The molecule has 0 spiro atoms. The van der Waals surface area contributed by atoms with Crippen molar-refractivity contribution >= 4 is 17.0 Å². The van der Waals surface area contributed by atoms with Crippen molar-refractivity contribution in [2.75, 3.05) is 6.54 Å². The van der Waals surface area contributed by atoms with Crippen LogP contribution in [-0.4, -0.2) is 11.5 Å². The molecular weight excluding hydrogens is 236 g/mol. The van der Waals surface area contributed by atoms with E-state index in [1.54, 1.807) is 23.5 Å². The molecule has 4 nitrogen and oxygen atoms in total. The molecule has 0 bridgehead atoms. The fourth-order valence-corrected chi connectivity index (χ4v) is 2.54. The molecule has 0 aliphatic heterocycles. The van der Waals surface area contributed by atoms with Gasteiger partial charge in [-0.25, -0.2) is 0 Å². The molecule has 17 heavy (non-hydrogen) atoms. The van der Waals surface area contributed by atoms with Crippen LogP contribution in [0.1, 0.15) is 5.56 Å². The highest BCUT2D eigenvalue weighted by Gasteiger charge is 2.08. The Kier molecular flexibility index (Phi) is 3.51. The molecular formula is C12H12N2O2S. The molecule has 1 aromatic carbocycles. The third-order valence-electron chi connectivity index (χ3n) is 2.43. The Balaban J connectivity index is 2.32. The smallest absolute Gasteiger partial charge is 0.270 e. The van der Waals surface area contributed by atoms with Gasteiger partial charge in [-0.15, -0.1) is 11.3 Å². The Morgan fingerprint density at radius 2 is 2.18 bits per heavy atom. The van der Waals surface area contributed by atoms with Gasteiger partial charge in [0.15, 0.2) is 0 Å². The maximum Gasteiger partial charge on any atom is 0.270 e. The fourth-order valence-electron chi connectivity index (χ4n) is 1.60. The zero-order chi connectivity index (χ0) is 12.3. The van der Waals surface area contributed by atoms with Crippen LogP contribution in [-0.2, 0) is 6.42 Å². The molecule has 2 N–H and O–H groups in total. The van der Waals surface area contributed by atoms with Gasteiger partial charge in [0.05, 0.1) is 4.92 Å². The normalized spacial score (nSPS) is 10.4. The minimum Gasteiger partial charge on any atom is -0.330 e. The van der Waals surface area contributed by atoms with Crippen LogP contribution in [0.5, 0.6) is 0 Å². The molecule has 0 saturated heterocycles. The zero-order valence-electron chi connectivity index (χ0n) is 9.13. The Bertz CT molecular complexity index is 537. The molecule has 0 amide bonds. The SMILES string of the molecule is NCCc1csc(-c2cccc([N+](=O)[O-])c2)c1.